The number of hydrogen-bond donors (Lipinski definition) is 2. The molecule has 2 aliphatic rings. The van der Waals surface area contributed by atoms with Gasteiger partial charge in [0, 0.05) is 13.1 Å². The molecule has 10 heteroatoms. The number of piperidine rings is 1. The number of benzene rings is 1. The van der Waals surface area contributed by atoms with Crippen LogP contribution in [0.4, 0.5) is 0 Å². The van der Waals surface area contributed by atoms with Gasteiger partial charge in [-0.25, -0.2) is 21.6 Å². The summed E-state index contributed by atoms with van der Waals surface area (Å²) in [5, 5.41) is 3.32. The highest BCUT2D eigenvalue weighted by Crippen LogP contribution is 2.40. The Morgan fingerprint density at radius 3 is 2.35 bits per heavy atom. The Hall–Kier alpha value is -0.710. The minimum absolute atomic E-state index is 0. The SMILES string of the molecule is CNS(=O)(=O)c1ccc(S(=O)(=O)N2CCC3(CCNCC3)C2)cc1C.Cl. The smallest absolute Gasteiger partial charge is 0.243 e. The Balaban J connectivity index is 0.00000243. The summed E-state index contributed by atoms with van der Waals surface area (Å²) in [6, 6.07) is 4.21. The van der Waals surface area contributed by atoms with Crippen molar-refractivity contribution in [1.82, 2.24) is 14.3 Å². The summed E-state index contributed by atoms with van der Waals surface area (Å²) >= 11 is 0. The average molecular weight is 424 g/mol. The number of rotatable bonds is 4. The first-order chi connectivity index (χ1) is 11.7. The molecule has 2 fully saturated rings. The van der Waals surface area contributed by atoms with Crippen LogP contribution in [0, 0.1) is 12.3 Å². The van der Waals surface area contributed by atoms with Gasteiger partial charge in [-0.1, -0.05) is 0 Å². The monoisotopic (exact) mass is 423 g/mol. The van der Waals surface area contributed by atoms with Crippen molar-refractivity contribution < 1.29 is 16.8 Å². The highest BCUT2D eigenvalue weighted by atomic mass is 35.5. The summed E-state index contributed by atoms with van der Waals surface area (Å²) in [6.07, 6.45) is 2.88. The zero-order chi connectivity index (χ0) is 18.3. The van der Waals surface area contributed by atoms with Crippen molar-refractivity contribution in [1.29, 1.82) is 0 Å². The van der Waals surface area contributed by atoms with Crippen LogP contribution >= 0.6 is 12.4 Å². The van der Waals surface area contributed by atoms with Crippen LogP contribution in [-0.2, 0) is 20.0 Å². The summed E-state index contributed by atoms with van der Waals surface area (Å²) in [6.45, 7) is 4.55. The third kappa shape index (κ3) is 3.93. The van der Waals surface area contributed by atoms with Crippen LogP contribution in [0.5, 0.6) is 0 Å². The van der Waals surface area contributed by atoms with Gasteiger partial charge in [0.1, 0.15) is 0 Å². The maximum atomic E-state index is 13.0. The van der Waals surface area contributed by atoms with Gasteiger partial charge >= 0.3 is 0 Å². The van der Waals surface area contributed by atoms with Crippen molar-refractivity contribution in [2.75, 3.05) is 33.2 Å². The second-order valence-corrected chi connectivity index (χ2v) is 10.8. The van der Waals surface area contributed by atoms with Crippen LogP contribution in [0.15, 0.2) is 28.0 Å². The van der Waals surface area contributed by atoms with Gasteiger partial charge in [-0.05, 0) is 75.5 Å². The second kappa shape index (κ2) is 7.73. The molecule has 2 aliphatic heterocycles. The minimum Gasteiger partial charge on any atom is -0.317 e. The molecule has 148 valence electrons. The minimum atomic E-state index is -3.61. The summed E-state index contributed by atoms with van der Waals surface area (Å²) < 4.78 is 53.7. The van der Waals surface area contributed by atoms with E-state index in [1.165, 1.54) is 25.2 Å². The van der Waals surface area contributed by atoms with E-state index in [0.717, 1.165) is 32.4 Å². The molecule has 26 heavy (non-hydrogen) atoms. The molecule has 2 N–H and O–H groups in total. The fourth-order valence-corrected chi connectivity index (χ4v) is 6.40. The Morgan fingerprint density at radius 1 is 1.12 bits per heavy atom. The third-order valence-corrected chi connectivity index (χ3v) is 8.83. The first-order valence-electron chi connectivity index (χ1n) is 8.45. The molecule has 2 saturated heterocycles. The van der Waals surface area contributed by atoms with E-state index in [1.807, 2.05) is 0 Å². The van der Waals surface area contributed by atoms with E-state index in [1.54, 1.807) is 11.2 Å². The largest absolute Gasteiger partial charge is 0.317 e. The lowest BCUT2D eigenvalue weighted by atomic mass is 9.78. The Morgan fingerprint density at radius 2 is 1.77 bits per heavy atom. The van der Waals surface area contributed by atoms with E-state index < -0.39 is 20.0 Å². The van der Waals surface area contributed by atoms with Crippen LogP contribution in [-0.4, -0.2) is 54.4 Å². The molecular formula is C16H26ClN3O4S2. The fraction of sp³-hybridized carbons (Fsp3) is 0.625. The van der Waals surface area contributed by atoms with Crippen LogP contribution in [0.25, 0.3) is 0 Å². The van der Waals surface area contributed by atoms with Gasteiger partial charge in [0.25, 0.3) is 0 Å². The van der Waals surface area contributed by atoms with Crippen molar-refractivity contribution in [3.63, 3.8) is 0 Å². The molecule has 0 aliphatic carbocycles. The van der Waals surface area contributed by atoms with E-state index >= 15 is 0 Å². The molecule has 1 aromatic carbocycles. The first-order valence-corrected chi connectivity index (χ1v) is 11.4. The molecule has 0 aromatic heterocycles. The summed E-state index contributed by atoms with van der Waals surface area (Å²) in [7, 11) is -5.87. The maximum Gasteiger partial charge on any atom is 0.243 e. The molecule has 0 radical (unpaired) electrons. The number of nitrogens with one attached hydrogen (secondary N) is 2. The van der Waals surface area contributed by atoms with Crippen molar-refractivity contribution in [3.05, 3.63) is 23.8 Å². The molecule has 2 heterocycles. The molecule has 0 saturated carbocycles. The van der Waals surface area contributed by atoms with Crippen LogP contribution in [0.3, 0.4) is 0 Å². The van der Waals surface area contributed by atoms with Gasteiger partial charge in [-0.2, -0.15) is 4.31 Å². The van der Waals surface area contributed by atoms with E-state index in [0.29, 0.717) is 18.7 Å². The maximum absolute atomic E-state index is 13.0. The molecule has 7 nitrogen and oxygen atoms in total. The fourth-order valence-electron chi connectivity index (χ4n) is 3.81. The highest BCUT2D eigenvalue weighted by molar-refractivity contribution is 7.89. The summed E-state index contributed by atoms with van der Waals surface area (Å²) in [5.74, 6) is 0. The van der Waals surface area contributed by atoms with Gasteiger partial charge in [0.2, 0.25) is 20.0 Å². The highest BCUT2D eigenvalue weighted by Gasteiger charge is 2.43. The van der Waals surface area contributed by atoms with Crippen molar-refractivity contribution >= 4 is 32.5 Å². The average Bonchev–Trinajstić information content (AvgIpc) is 2.99. The van der Waals surface area contributed by atoms with Gasteiger partial charge in [0.15, 0.2) is 0 Å². The standard InChI is InChI=1S/C16H25N3O4S2.ClH/c1-13-11-14(3-4-15(13)24(20,21)17-2)25(22,23)19-10-7-16(12-19)5-8-18-9-6-16;/h3-4,11,17-18H,5-10,12H2,1-2H3;1H. The first kappa shape index (κ1) is 21.6. The normalized spacial score (nSPS) is 20.8. The van der Waals surface area contributed by atoms with Crippen LogP contribution < -0.4 is 10.0 Å². The molecular weight excluding hydrogens is 398 g/mol. The second-order valence-electron chi connectivity index (χ2n) is 6.97. The molecule has 1 aromatic rings. The molecule has 0 atom stereocenters. The molecule has 3 rings (SSSR count). The predicted molar refractivity (Wildman–Crippen MR) is 103 cm³/mol. The Kier molecular flexibility index (Phi) is 6.42. The quantitative estimate of drug-likeness (QED) is 0.755. The molecule has 1 spiro atoms. The number of aryl methyl sites for hydroxylation is 1. The molecule has 0 unspecified atom stereocenters. The molecule has 0 amide bonds. The van der Waals surface area contributed by atoms with Crippen molar-refractivity contribution in [2.24, 2.45) is 5.41 Å². The lowest BCUT2D eigenvalue weighted by molar-refractivity contribution is 0.218. The van der Waals surface area contributed by atoms with Crippen LogP contribution in [0.2, 0.25) is 0 Å². The molecule has 0 bridgehead atoms. The number of halogens is 1. The number of sulfonamides is 2. The Bertz CT molecular complexity index is 865. The number of nitrogens with zero attached hydrogens (tertiary/aromatic N) is 1. The third-order valence-electron chi connectivity index (χ3n) is 5.41. The van der Waals surface area contributed by atoms with E-state index in [9.17, 15) is 16.8 Å². The Labute approximate surface area is 162 Å². The number of hydrogen-bond acceptors (Lipinski definition) is 5. The van der Waals surface area contributed by atoms with E-state index in [-0.39, 0.29) is 27.6 Å². The van der Waals surface area contributed by atoms with Crippen molar-refractivity contribution in [2.45, 2.75) is 36.0 Å². The zero-order valence-electron chi connectivity index (χ0n) is 15.0. The summed E-state index contributed by atoms with van der Waals surface area (Å²) in [5.41, 5.74) is 0.508. The lowest BCUT2D eigenvalue weighted by Crippen LogP contribution is -2.39. The zero-order valence-corrected chi connectivity index (χ0v) is 17.4. The van der Waals surface area contributed by atoms with Gasteiger partial charge < -0.3 is 5.32 Å². The predicted octanol–water partition coefficient (Wildman–Crippen LogP) is 1.09. The van der Waals surface area contributed by atoms with E-state index in [2.05, 4.69) is 10.0 Å². The lowest BCUT2D eigenvalue weighted by Gasteiger charge is -2.33. The van der Waals surface area contributed by atoms with Gasteiger partial charge in [0.05, 0.1) is 9.79 Å². The van der Waals surface area contributed by atoms with Gasteiger partial charge in [-0.15, -0.1) is 12.4 Å². The summed E-state index contributed by atoms with van der Waals surface area (Å²) in [4.78, 5) is 0.260. The van der Waals surface area contributed by atoms with Gasteiger partial charge in [-0.3, -0.25) is 0 Å². The topological polar surface area (TPSA) is 95.6 Å². The van der Waals surface area contributed by atoms with Crippen LogP contribution in [0.1, 0.15) is 24.8 Å². The van der Waals surface area contributed by atoms with E-state index in [4.69, 9.17) is 0 Å². The van der Waals surface area contributed by atoms with Crippen molar-refractivity contribution in [3.8, 4) is 0 Å².